The van der Waals surface area contributed by atoms with Crippen molar-refractivity contribution in [1.82, 2.24) is 0 Å². The lowest BCUT2D eigenvalue weighted by Crippen LogP contribution is -2.47. The second-order valence-corrected chi connectivity index (χ2v) is 9.70. The minimum atomic E-state index is -3.73. The molecule has 0 aromatic heterocycles. The van der Waals surface area contributed by atoms with E-state index < -0.39 is 10.0 Å². The molecular formula is C19H20BrNO3S. The van der Waals surface area contributed by atoms with Crippen molar-refractivity contribution >= 4 is 37.4 Å². The molecule has 3 rings (SSSR count). The van der Waals surface area contributed by atoms with Crippen LogP contribution in [0.2, 0.25) is 0 Å². The number of hydrogen-bond acceptors (Lipinski definition) is 3. The predicted octanol–water partition coefficient (Wildman–Crippen LogP) is 4.32. The van der Waals surface area contributed by atoms with Crippen LogP contribution < -0.4 is 4.31 Å². The first-order valence-electron chi connectivity index (χ1n) is 8.07. The van der Waals surface area contributed by atoms with Crippen LogP contribution in [0.5, 0.6) is 0 Å². The van der Waals surface area contributed by atoms with Crippen LogP contribution in [0, 0.1) is 12.3 Å². The van der Waals surface area contributed by atoms with E-state index in [0.717, 1.165) is 5.56 Å². The third kappa shape index (κ3) is 3.65. The molecule has 6 heteroatoms. The molecule has 2 aromatic rings. The van der Waals surface area contributed by atoms with Gasteiger partial charge in [0.25, 0.3) is 10.0 Å². The summed E-state index contributed by atoms with van der Waals surface area (Å²) in [7, 11) is -3.73. The Morgan fingerprint density at radius 1 is 1.08 bits per heavy atom. The lowest BCUT2D eigenvalue weighted by molar-refractivity contribution is -0.131. The zero-order valence-corrected chi connectivity index (χ0v) is 16.6. The second kappa shape index (κ2) is 6.57. The fourth-order valence-electron chi connectivity index (χ4n) is 3.15. The van der Waals surface area contributed by atoms with E-state index in [1.54, 1.807) is 30.3 Å². The Hall–Kier alpha value is -1.66. The molecule has 0 aliphatic heterocycles. The normalized spacial score (nSPS) is 16.4. The topological polar surface area (TPSA) is 54.5 Å². The van der Waals surface area contributed by atoms with Gasteiger partial charge in [-0.2, -0.15) is 0 Å². The van der Waals surface area contributed by atoms with Crippen LogP contribution in [-0.4, -0.2) is 20.7 Å². The minimum absolute atomic E-state index is 0.183. The summed E-state index contributed by atoms with van der Waals surface area (Å²) in [4.78, 5) is 11.7. The third-order valence-electron chi connectivity index (χ3n) is 4.50. The van der Waals surface area contributed by atoms with Crippen molar-refractivity contribution in [2.45, 2.75) is 31.6 Å². The highest BCUT2D eigenvalue weighted by molar-refractivity contribution is 9.10. The Morgan fingerprint density at radius 3 is 2.24 bits per heavy atom. The molecule has 0 amide bonds. The Kier molecular flexibility index (Phi) is 4.77. The van der Waals surface area contributed by atoms with Crippen LogP contribution in [-0.2, 0) is 14.8 Å². The summed E-state index contributed by atoms with van der Waals surface area (Å²) in [6, 6.07) is 14.1. The molecule has 0 unspecified atom stereocenters. The van der Waals surface area contributed by atoms with Crippen molar-refractivity contribution in [3.05, 3.63) is 58.6 Å². The van der Waals surface area contributed by atoms with Crippen molar-refractivity contribution in [2.24, 2.45) is 5.41 Å². The number of nitrogens with zero attached hydrogens (tertiary/aromatic N) is 1. The number of carbonyl (C=O) groups is 1. The molecule has 1 saturated carbocycles. The average molecular weight is 422 g/mol. The zero-order valence-electron chi connectivity index (χ0n) is 14.2. The molecule has 4 nitrogen and oxygen atoms in total. The quantitative estimate of drug-likeness (QED) is 0.721. The molecule has 1 aliphatic carbocycles. The van der Waals surface area contributed by atoms with Gasteiger partial charge in [0.15, 0.2) is 0 Å². The van der Waals surface area contributed by atoms with Gasteiger partial charge in [-0.25, -0.2) is 8.42 Å². The molecule has 2 aromatic carbocycles. The summed E-state index contributed by atoms with van der Waals surface area (Å²) in [5, 5.41) is 0. The molecule has 0 saturated heterocycles. The van der Waals surface area contributed by atoms with Gasteiger partial charge < -0.3 is 0 Å². The van der Waals surface area contributed by atoms with Crippen LogP contribution in [0.15, 0.2) is 57.9 Å². The van der Waals surface area contributed by atoms with Crippen LogP contribution in [0.1, 0.15) is 25.3 Å². The van der Waals surface area contributed by atoms with Crippen LogP contribution >= 0.6 is 15.9 Å². The van der Waals surface area contributed by atoms with E-state index in [9.17, 15) is 13.2 Å². The largest absolute Gasteiger partial charge is 0.300 e. The van der Waals surface area contributed by atoms with Crippen LogP contribution in [0.3, 0.4) is 0 Å². The van der Waals surface area contributed by atoms with Gasteiger partial charge in [-0.15, -0.1) is 0 Å². The highest BCUT2D eigenvalue weighted by atomic mass is 79.9. The van der Waals surface area contributed by atoms with Crippen LogP contribution in [0.25, 0.3) is 0 Å². The van der Waals surface area contributed by atoms with Gasteiger partial charge in [-0.1, -0.05) is 36.8 Å². The predicted molar refractivity (Wildman–Crippen MR) is 102 cm³/mol. The van der Waals surface area contributed by atoms with Gasteiger partial charge in [0.05, 0.1) is 10.6 Å². The first kappa shape index (κ1) is 18.1. The Labute approximate surface area is 157 Å². The van der Waals surface area contributed by atoms with Crippen molar-refractivity contribution < 1.29 is 13.2 Å². The Balaban J connectivity index is 2.06. The van der Waals surface area contributed by atoms with Gasteiger partial charge >= 0.3 is 0 Å². The second-order valence-electron chi connectivity index (χ2n) is 6.98. The number of Topliss-reactive ketones (excluding diaryl/α,β-unsaturated/α-hetero) is 1. The van der Waals surface area contributed by atoms with Crippen LogP contribution in [0.4, 0.5) is 5.69 Å². The number of anilines is 1. The van der Waals surface area contributed by atoms with E-state index in [1.165, 1.54) is 4.31 Å². The number of ketones is 1. The summed E-state index contributed by atoms with van der Waals surface area (Å²) in [6.45, 7) is 4.16. The van der Waals surface area contributed by atoms with Gasteiger partial charge in [-0.05, 0) is 52.5 Å². The fraction of sp³-hybridized carbons (Fsp3) is 0.316. The molecule has 0 N–H and O–H groups in total. The van der Waals surface area contributed by atoms with E-state index in [2.05, 4.69) is 15.9 Å². The summed E-state index contributed by atoms with van der Waals surface area (Å²) < 4.78 is 28.8. The lowest BCUT2D eigenvalue weighted by atomic mass is 9.69. The molecule has 0 atom stereocenters. The van der Waals surface area contributed by atoms with Crippen molar-refractivity contribution in [1.29, 1.82) is 0 Å². The van der Waals surface area contributed by atoms with Gasteiger partial charge in [0, 0.05) is 23.9 Å². The molecule has 0 radical (unpaired) electrons. The maximum Gasteiger partial charge on any atom is 0.264 e. The third-order valence-corrected chi connectivity index (χ3v) is 6.95. The molecule has 132 valence electrons. The van der Waals surface area contributed by atoms with E-state index >= 15 is 0 Å². The first-order valence-corrected chi connectivity index (χ1v) is 10.3. The first-order chi connectivity index (χ1) is 11.7. The number of para-hydroxylation sites is 1. The minimum Gasteiger partial charge on any atom is -0.300 e. The van der Waals surface area contributed by atoms with E-state index in [1.807, 2.05) is 32.0 Å². The molecule has 1 fully saturated rings. The SMILES string of the molecule is Cc1ccc(S(=O)(=O)N(CC2(C)CC(=O)C2)c2ccccc2Br)cc1. The number of aryl methyl sites for hydroxylation is 1. The number of sulfonamides is 1. The molecule has 0 spiro atoms. The zero-order chi connectivity index (χ0) is 18.2. The number of halogens is 1. The maximum atomic E-state index is 13.3. The maximum absolute atomic E-state index is 13.3. The monoisotopic (exact) mass is 421 g/mol. The van der Waals surface area contributed by atoms with Gasteiger partial charge in [-0.3, -0.25) is 9.10 Å². The number of hydrogen-bond donors (Lipinski definition) is 0. The fourth-order valence-corrected chi connectivity index (χ4v) is 5.40. The summed E-state index contributed by atoms with van der Waals surface area (Å²) >= 11 is 3.46. The molecule has 25 heavy (non-hydrogen) atoms. The van der Waals surface area contributed by atoms with E-state index in [-0.39, 0.29) is 22.6 Å². The van der Waals surface area contributed by atoms with Crippen molar-refractivity contribution in [3.63, 3.8) is 0 Å². The molecule has 1 aliphatic rings. The number of carbonyl (C=O) groups excluding carboxylic acids is 1. The van der Waals surface area contributed by atoms with E-state index in [4.69, 9.17) is 0 Å². The highest BCUT2D eigenvalue weighted by Gasteiger charge is 2.43. The highest BCUT2D eigenvalue weighted by Crippen LogP contribution is 2.41. The Morgan fingerprint density at radius 2 is 1.68 bits per heavy atom. The lowest BCUT2D eigenvalue weighted by Gasteiger charge is -2.41. The van der Waals surface area contributed by atoms with Gasteiger partial charge in [0.2, 0.25) is 0 Å². The number of benzene rings is 2. The molecule has 0 heterocycles. The summed E-state index contributed by atoms with van der Waals surface area (Å²) in [5.41, 5.74) is 1.26. The molecule has 0 bridgehead atoms. The summed E-state index contributed by atoms with van der Waals surface area (Å²) in [5.74, 6) is 0.183. The van der Waals surface area contributed by atoms with Gasteiger partial charge in [0.1, 0.15) is 5.78 Å². The average Bonchev–Trinajstić information content (AvgIpc) is 2.52. The van der Waals surface area contributed by atoms with Crippen molar-refractivity contribution in [3.8, 4) is 0 Å². The summed E-state index contributed by atoms with van der Waals surface area (Å²) in [6.07, 6.45) is 0.828. The van der Waals surface area contributed by atoms with E-state index in [0.29, 0.717) is 23.0 Å². The smallest absolute Gasteiger partial charge is 0.264 e. The molecular weight excluding hydrogens is 402 g/mol. The standard InChI is InChI=1S/C19H20BrNO3S/c1-14-7-9-16(10-8-14)25(23,24)21(13-19(2)11-15(22)12-19)18-6-4-3-5-17(18)20/h3-10H,11-13H2,1-2H3. The Bertz CT molecular complexity index is 899. The van der Waals surface area contributed by atoms with Crippen molar-refractivity contribution in [2.75, 3.05) is 10.8 Å². The number of rotatable bonds is 5.